The molecule has 0 aliphatic carbocycles. The Morgan fingerprint density at radius 2 is 1.59 bits per heavy atom. The van der Waals surface area contributed by atoms with Gasteiger partial charge in [0.2, 0.25) is 11.8 Å². The van der Waals surface area contributed by atoms with E-state index in [1.807, 2.05) is 69.3 Å². The fraction of sp³-hybridized carbons (Fsp3) is 0.391. The predicted molar refractivity (Wildman–Crippen MR) is 125 cm³/mol. The Hall–Kier alpha value is -1.79. The van der Waals surface area contributed by atoms with Gasteiger partial charge in [0.25, 0.3) is 0 Å². The van der Waals surface area contributed by atoms with Crippen LogP contribution in [0.3, 0.4) is 0 Å². The van der Waals surface area contributed by atoms with Crippen molar-refractivity contribution in [2.45, 2.75) is 52.1 Å². The van der Waals surface area contributed by atoms with Crippen LogP contribution >= 0.6 is 27.7 Å². The molecule has 2 amide bonds. The average molecular weight is 477 g/mol. The van der Waals surface area contributed by atoms with E-state index in [9.17, 15) is 9.59 Å². The van der Waals surface area contributed by atoms with Crippen LogP contribution in [0.1, 0.15) is 37.5 Å². The van der Waals surface area contributed by atoms with Crippen molar-refractivity contribution in [1.29, 1.82) is 0 Å². The normalized spacial score (nSPS) is 11.9. The Balaban J connectivity index is 2.05. The molecule has 0 heterocycles. The first-order valence-electron chi connectivity index (χ1n) is 9.74. The highest BCUT2D eigenvalue weighted by atomic mass is 79.9. The number of benzene rings is 2. The fourth-order valence-corrected chi connectivity index (χ4v) is 3.93. The first-order valence-corrected chi connectivity index (χ1v) is 11.7. The zero-order valence-corrected chi connectivity index (χ0v) is 19.8. The Morgan fingerprint density at radius 1 is 1.00 bits per heavy atom. The third-order valence-electron chi connectivity index (χ3n) is 4.48. The number of thioether (sulfide) groups is 1. The molecule has 0 bridgehead atoms. The Morgan fingerprint density at radius 3 is 2.17 bits per heavy atom. The Labute approximate surface area is 186 Å². The Kier molecular flexibility index (Phi) is 9.24. The van der Waals surface area contributed by atoms with E-state index in [4.69, 9.17) is 0 Å². The second-order valence-corrected chi connectivity index (χ2v) is 9.37. The lowest BCUT2D eigenvalue weighted by Gasteiger charge is -2.29. The molecule has 2 rings (SSSR count). The molecular weight excluding hydrogens is 448 g/mol. The molecule has 0 fully saturated rings. The van der Waals surface area contributed by atoms with Crippen molar-refractivity contribution < 1.29 is 9.59 Å². The van der Waals surface area contributed by atoms with Gasteiger partial charge in [-0.1, -0.05) is 57.9 Å². The number of hydrogen-bond donors (Lipinski definition) is 1. The third-order valence-corrected chi connectivity index (χ3v) is 6.00. The molecule has 4 nitrogen and oxygen atoms in total. The van der Waals surface area contributed by atoms with Gasteiger partial charge in [0, 0.05) is 22.8 Å². The van der Waals surface area contributed by atoms with Gasteiger partial charge in [-0.15, -0.1) is 11.8 Å². The second-order valence-electron chi connectivity index (χ2n) is 7.47. The molecule has 2 aromatic rings. The van der Waals surface area contributed by atoms with Crippen molar-refractivity contribution in [3.8, 4) is 0 Å². The molecule has 1 atom stereocenters. The molecule has 0 aromatic heterocycles. The van der Waals surface area contributed by atoms with Crippen molar-refractivity contribution in [3.63, 3.8) is 0 Å². The molecule has 1 N–H and O–H groups in total. The van der Waals surface area contributed by atoms with Crippen molar-refractivity contribution >= 4 is 39.5 Å². The monoisotopic (exact) mass is 476 g/mol. The van der Waals surface area contributed by atoms with E-state index in [1.54, 1.807) is 23.6 Å². The van der Waals surface area contributed by atoms with Crippen LogP contribution in [0.2, 0.25) is 0 Å². The van der Waals surface area contributed by atoms with E-state index in [-0.39, 0.29) is 17.9 Å². The molecular formula is C23H29BrN2O2S. The van der Waals surface area contributed by atoms with Crippen LogP contribution < -0.4 is 5.32 Å². The highest BCUT2D eigenvalue weighted by molar-refractivity contribution is 9.10. The third kappa shape index (κ3) is 7.86. The molecule has 0 saturated heterocycles. The topological polar surface area (TPSA) is 49.4 Å². The van der Waals surface area contributed by atoms with E-state index < -0.39 is 6.04 Å². The van der Waals surface area contributed by atoms with Crippen molar-refractivity contribution in [2.24, 2.45) is 0 Å². The summed E-state index contributed by atoms with van der Waals surface area (Å²) < 4.78 is 1.04. The lowest BCUT2D eigenvalue weighted by atomic mass is 10.1. The molecule has 0 aliphatic rings. The van der Waals surface area contributed by atoms with Crippen LogP contribution in [0.25, 0.3) is 0 Å². The maximum Gasteiger partial charge on any atom is 0.242 e. The number of nitrogens with one attached hydrogen (secondary N) is 1. The van der Waals surface area contributed by atoms with E-state index >= 15 is 0 Å². The largest absolute Gasteiger partial charge is 0.352 e. The molecule has 0 spiro atoms. The smallest absolute Gasteiger partial charge is 0.242 e. The first-order chi connectivity index (χ1) is 13.8. The van der Waals surface area contributed by atoms with E-state index in [0.29, 0.717) is 12.3 Å². The van der Waals surface area contributed by atoms with Crippen molar-refractivity contribution in [1.82, 2.24) is 10.2 Å². The minimum Gasteiger partial charge on any atom is -0.352 e. The maximum atomic E-state index is 13.0. The highest BCUT2D eigenvalue weighted by Gasteiger charge is 2.26. The fourth-order valence-electron chi connectivity index (χ4n) is 2.80. The number of aryl methyl sites for hydroxylation is 1. The highest BCUT2D eigenvalue weighted by Crippen LogP contribution is 2.18. The van der Waals surface area contributed by atoms with Crippen LogP contribution in [0.4, 0.5) is 0 Å². The lowest BCUT2D eigenvalue weighted by Crippen LogP contribution is -2.49. The van der Waals surface area contributed by atoms with Crippen molar-refractivity contribution in [2.75, 3.05) is 5.75 Å². The average Bonchev–Trinajstić information content (AvgIpc) is 2.68. The summed E-state index contributed by atoms with van der Waals surface area (Å²) in [6.07, 6.45) is 0. The van der Waals surface area contributed by atoms with Gasteiger partial charge in [-0.3, -0.25) is 9.59 Å². The first kappa shape index (κ1) is 23.5. The summed E-state index contributed by atoms with van der Waals surface area (Å²) in [6, 6.07) is 15.7. The summed E-state index contributed by atoms with van der Waals surface area (Å²) in [5, 5.41) is 2.92. The summed E-state index contributed by atoms with van der Waals surface area (Å²) in [4.78, 5) is 27.2. The van der Waals surface area contributed by atoms with Gasteiger partial charge in [-0.05, 0) is 51.0 Å². The molecule has 0 unspecified atom stereocenters. The molecule has 0 saturated carbocycles. The van der Waals surface area contributed by atoms with Gasteiger partial charge in [-0.2, -0.15) is 0 Å². The number of carbonyl (C=O) groups excluding carboxylic acids is 2. The van der Waals surface area contributed by atoms with Gasteiger partial charge in [0.15, 0.2) is 0 Å². The van der Waals surface area contributed by atoms with Crippen LogP contribution in [-0.4, -0.2) is 34.6 Å². The second kappa shape index (κ2) is 11.4. The van der Waals surface area contributed by atoms with E-state index in [1.165, 1.54) is 11.1 Å². The Bertz CT molecular complexity index is 807. The lowest BCUT2D eigenvalue weighted by molar-refractivity contribution is -0.138. The molecule has 0 radical (unpaired) electrons. The van der Waals surface area contributed by atoms with Gasteiger partial charge >= 0.3 is 0 Å². The number of halogens is 1. The summed E-state index contributed by atoms with van der Waals surface area (Å²) in [5.74, 6) is 0.933. The van der Waals surface area contributed by atoms with Gasteiger partial charge < -0.3 is 10.2 Å². The molecule has 2 aromatic carbocycles. The number of carbonyl (C=O) groups is 2. The maximum absolute atomic E-state index is 13.0. The number of rotatable bonds is 9. The molecule has 6 heteroatoms. The summed E-state index contributed by atoms with van der Waals surface area (Å²) >= 11 is 5.00. The zero-order chi connectivity index (χ0) is 21.4. The van der Waals surface area contributed by atoms with Crippen LogP contribution in [-0.2, 0) is 21.9 Å². The number of amides is 2. The van der Waals surface area contributed by atoms with Crippen LogP contribution in [0.5, 0.6) is 0 Å². The summed E-state index contributed by atoms with van der Waals surface area (Å²) in [5.41, 5.74) is 3.36. The van der Waals surface area contributed by atoms with Crippen molar-refractivity contribution in [3.05, 3.63) is 69.7 Å². The van der Waals surface area contributed by atoms with E-state index in [2.05, 4.69) is 21.2 Å². The van der Waals surface area contributed by atoms with Gasteiger partial charge in [-0.25, -0.2) is 0 Å². The van der Waals surface area contributed by atoms with Gasteiger partial charge in [0.1, 0.15) is 6.04 Å². The van der Waals surface area contributed by atoms with Gasteiger partial charge in [0.05, 0.1) is 5.75 Å². The van der Waals surface area contributed by atoms with Crippen LogP contribution in [0, 0.1) is 6.92 Å². The molecule has 156 valence electrons. The minimum absolute atomic E-state index is 0.0286. The summed E-state index contributed by atoms with van der Waals surface area (Å²) in [7, 11) is 0. The zero-order valence-electron chi connectivity index (χ0n) is 17.4. The SMILES string of the molecule is Cc1ccc(CN(C(=O)CSCc2ccc(Br)cc2)[C@H](C)C(=O)NC(C)C)cc1. The quantitative estimate of drug-likeness (QED) is 0.557. The minimum atomic E-state index is -0.528. The molecule has 29 heavy (non-hydrogen) atoms. The summed E-state index contributed by atoms with van der Waals surface area (Å²) in [6.45, 7) is 8.09. The number of nitrogens with zero attached hydrogens (tertiary/aromatic N) is 1. The standard InChI is InChI=1S/C23H29BrN2O2S/c1-16(2)25-23(28)18(4)26(13-19-7-5-17(3)6-8-19)22(27)15-29-14-20-9-11-21(24)12-10-20/h5-12,16,18H,13-15H2,1-4H3,(H,25,28)/t18-/m1/s1. The van der Waals surface area contributed by atoms with Crippen LogP contribution in [0.15, 0.2) is 53.0 Å². The molecule has 0 aliphatic heterocycles. The predicted octanol–water partition coefficient (Wildman–Crippen LogP) is 4.93. The number of hydrogen-bond acceptors (Lipinski definition) is 3. The van der Waals surface area contributed by atoms with E-state index in [0.717, 1.165) is 15.8 Å².